The Bertz CT molecular complexity index is 400. The average Bonchev–Trinajstić information content (AvgIpc) is 2.85. The zero-order chi connectivity index (χ0) is 14.4. The summed E-state index contributed by atoms with van der Waals surface area (Å²) in [6.07, 6.45) is 9.75. The van der Waals surface area contributed by atoms with E-state index >= 15 is 0 Å². The first-order valence-corrected chi connectivity index (χ1v) is 7.51. The second-order valence-corrected chi connectivity index (χ2v) is 6.04. The maximum atomic E-state index is 11.7. The van der Waals surface area contributed by atoms with Gasteiger partial charge in [-0.25, -0.2) is 4.79 Å². The second kappa shape index (κ2) is 6.77. The van der Waals surface area contributed by atoms with Crippen LogP contribution in [0.3, 0.4) is 0 Å². The summed E-state index contributed by atoms with van der Waals surface area (Å²) in [6.45, 7) is 1.12. The molecule has 0 heterocycles. The van der Waals surface area contributed by atoms with Crippen molar-refractivity contribution in [2.24, 2.45) is 5.41 Å². The molecule has 2 amide bonds. The highest BCUT2D eigenvalue weighted by atomic mass is 16.4. The van der Waals surface area contributed by atoms with E-state index in [0.29, 0.717) is 13.1 Å². The van der Waals surface area contributed by atoms with Crippen LogP contribution in [0.1, 0.15) is 51.4 Å². The third kappa shape index (κ3) is 4.25. The monoisotopic (exact) mass is 280 g/mol. The standard InChI is InChI=1S/C15H24N2O3/c18-13(19)10-15(7-3-8-15)11-17-14(20)16-9-6-12-4-1-2-5-12/h4H,1-3,5-11H2,(H,18,19)(H2,16,17,20). The SMILES string of the molecule is O=C(O)CC1(CNC(=O)NCCC2=CCCC2)CCC1. The van der Waals surface area contributed by atoms with Crippen LogP contribution in [0.5, 0.6) is 0 Å². The Balaban J connectivity index is 1.62. The van der Waals surface area contributed by atoms with Gasteiger partial charge in [-0.2, -0.15) is 0 Å². The van der Waals surface area contributed by atoms with E-state index in [1.807, 2.05) is 0 Å². The van der Waals surface area contributed by atoms with Gasteiger partial charge < -0.3 is 15.7 Å². The van der Waals surface area contributed by atoms with Gasteiger partial charge >= 0.3 is 12.0 Å². The molecule has 1 saturated carbocycles. The van der Waals surface area contributed by atoms with Crippen LogP contribution in [0.15, 0.2) is 11.6 Å². The Morgan fingerprint density at radius 3 is 2.60 bits per heavy atom. The molecule has 0 bridgehead atoms. The first-order chi connectivity index (χ1) is 9.60. The predicted octanol–water partition coefficient (Wildman–Crippen LogP) is 2.43. The van der Waals surface area contributed by atoms with Crippen LogP contribution in [0.4, 0.5) is 4.79 Å². The fourth-order valence-corrected chi connectivity index (χ4v) is 3.04. The molecule has 0 aromatic heterocycles. The van der Waals surface area contributed by atoms with E-state index in [1.54, 1.807) is 0 Å². The Labute approximate surface area is 119 Å². The highest BCUT2D eigenvalue weighted by Gasteiger charge is 2.39. The molecular weight excluding hydrogens is 256 g/mol. The molecule has 5 nitrogen and oxygen atoms in total. The van der Waals surface area contributed by atoms with Gasteiger partial charge in [0, 0.05) is 13.1 Å². The minimum absolute atomic E-state index is 0.153. The first kappa shape index (κ1) is 14.9. The molecule has 0 unspecified atom stereocenters. The molecule has 112 valence electrons. The van der Waals surface area contributed by atoms with Crippen molar-refractivity contribution >= 4 is 12.0 Å². The highest BCUT2D eigenvalue weighted by Crippen LogP contribution is 2.43. The maximum Gasteiger partial charge on any atom is 0.314 e. The number of allylic oxidation sites excluding steroid dienone is 1. The lowest BCUT2D eigenvalue weighted by atomic mass is 9.66. The molecule has 20 heavy (non-hydrogen) atoms. The number of rotatable bonds is 7. The zero-order valence-electron chi connectivity index (χ0n) is 11.9. The molecular formula is C15H24N2O3. The number of carboxylic acids is 1. The van der Waals surface area contributed by atoms with Crippen LogP contribution in [0, 0.1) is 5.41 Å². The number of nitrogens with one attached hydrogen (secondary N) is 2. The number of hydrogen-bond donors (Lipinski definition) is 3. The van der Waals surface area contributed by atoms with Crippen molar-refractivity contribution in [2.45, 2.75) is 51.4 Å². The van der Waals surface area contributed by atoms with E-state index in [0.717, 1.165) is 32.1 Å². The molecule has 0 aromatic rings. The largest absolute Gasteiger partial charge is 0.481 e. The average molecular weight is 280 g/mol. The van der Waals surface area contributed by atoms with Crippen molar-refractivity contribution in [1.82, 2.24) is 10.6 Å². The Hall–Kier alpha value is -1.52. The van der Waals surface area contributed by atoms with Crippen LogP contribution >= 0.6 is 0 Å². The van der Waals surface area contributed by atoms with Gasteiger partial charge in [0.05, 0.1) is 6.42 Å². The fraction of sp³-hybridized carbons (Fsp3) is 0.733. The maximum absolute atomic E-state index is 11.7. The van der Waals surface area contributed by atoms with E-state index in [2.05, 4.69) is 16.7 Å². The molecule has 0 saturated heterocycles. The second-order valence-electron chi connectivity index (χ2n) is 6.04. The quantitative estimate of drug-likeness (QED) is 0.627. The van der Waals surface area contributed by atoms with Crippen molar-refractivity contribution in [3.05, 3.63) is 11.6 Å². The minimum Gasteiger partial charge on any atom is -0.481 e. The van der Waals surface area contributed by atoms with Crippen LogP contribution in [-0.2, 0) is 4.79 Å². The summed E-state index contributed by atoms with van der Waals surface area (Å²) in [7, 11) is 0. The number of hydrogen-bond acceptors (Lipinski definition) is 2. The Morgan fingerprint density at radius 2 is 2.05 bits per heavy atom. The summed E-state index contributed by atoms with van der Waals surface area (Å²) in [6, 6.07) is -0.180. The zero-order valence-corrected chi connectivity index (χ0v) is 11.9. The summed E-state index contributed by atoms with van der Waals surface area (Å²) in [5, 5.41) is 14.6. The molecule has 0 atom stereocenters. The summed E-state index contributed by atoms with van der Waals surface area (Å²) < 4.78 is 0. The van der Waals surface area contributed by atoms with Gasteiger partial charge in [-0.1, -0.05) is 18.1 Å². The molecule has 0 radical (unpaired) electrons. The highest BCUT2D eigenvalue weighted by molar-refractivity contribution is 5.74. The number of carbonyl (C=O) groups is 2. The number of carbonyl (C=O) groups excluding carboxylic acids is 1. The van der Waals surface area contributed by atoms with Crippen molar-refractivity contribution in [3.63, 3.8) is 0 Å². The van der Waals surface area contributed by atoms with Crippen molar-refractivity contribution < 1.29 is 14.7 Å². The molecule has 1 fully saturated rings. The molecule has 0 aliphatic heterocycles. The van der Waals surface area contributed by atoms with Gasteiger partial charge in [0.1, 0.15) is 0 Å². The molecule has 0 spiro atoms. The Kier molecular flexibility index (Phi) is 5.04. The smallest absolute Gasteiger partial charge is 0.314 e. The van der Waals surface area contributed by atoms with E-state index in [4.69, 9.17) is 5.11 Å². The molecule has 2 aliphatic carbocycles. The first-order valence-electron chi connectivity index (χ1n) is 7.51. The molecule has 5 heteroatoms. The van der Waals surface area contributed by atoms with Gasteiger partial charge in [0.2, 0.25) is 0 Å². The van der Waals surface area contributed by atoms with Gasteiger partial charge in [0.25, 0.3) is 0 Å². The van der Waals surface area contributed by atoms with E-state index in [9.17, 15) is 9.59 Å². The van der Waals surface area contributed by atoms with Gasteiger partial charge in [-0.3, -0.25) is 4.79 Å². The van der Waals surface area contributed by atoms with Crippen LogP contribution in [-0.4, -0.2) is 30.2 Å². The molecule has 0 aromatic carbocycles. The lowest BCUT2D eigenvalue weighted by Crippen LogP contribution is -2.46. The van der Waals surface area contributed by atoms with Crippen molar-refractivity contribution in [1.29, 1.82) is 0 Å². The van der Waals surface area contributed by atoms with Crippen LogP contribution in [0.2, 0.25) is 0 Å². The van der Waals surface area contributed by atoms with Gasteiger partial charge in [-0.15, -0.1) is 0 Å². The number of aliphatic carboxylic acids is 1. The summed E-state index contributed by atoms with van der Waals surface area (Å²) in [4.78, 5) is 22.5. The summed E-state index contributed by atoms with van der Waals surface area (Å²) in [5.41, 5.74) is 1.23. The van der Waals surface area contributed by atoms with E-state index < -0.39 is 5.97 Å². The minimum atomic E-state index is -0.778. The normalized spacial score (nSPS) is 19.9. The molecule has 2 aliphatic rings. The predicted molar refractivity (Wildman–Crippen MR) is 76.5 cm³/mol. The van der Waals surface area contributed by atoms with Gasteiger partial charge in [0.15, 0.2) is 0 Å². The molecule has 3 N–H and O–H groups in total. The number of carboxylic acid groups (broad SMARTS) is 1. The van der Waals surface area contributed by atoms with E-state index in [-0.39, 0.29) is 17.9 Å². The fourth-order valence-electron chi connectivity index (χ4n) is 3.04. The lowest BCUT2D eigenvalue weighted by Gasteiger charge is -2.40. The van der Waals surface area contributed by atoms with Crippen molar-refractivity contribution in [3.8, 4) is 0 Å². The third-order valence-electron chi connectivity index (χ3n) is 4.43. The van der Waals surface area contributed by atoms with Gasteiger partial charge in [-0.05, 0) is 43.9 Å². The topological polar surface area (TPSA) is 78.4 Å². The van der Waals surface area contributed by atoms with Crippen LogP contribution < -0.4 is 10.6 Å². The molecule has 2 rings (SSSR count). The van der Waals surface area contributed by atoms with Crippen LogP contribution in [0.25, 0.3) is 0 Å². The van der Waals surface area contributed by atoms with E-state index in [1.165, 1.54) is 18.4 Å². The van der Waals surface area contributed by atoms with Crippen molar-refractivity contribution in [2.75, 3.05) is 13.1 Å². The third-order valence-corrected chi connectivity index (χ3v) is 4.43. The number of amides is 2. The lowest BCUT2D eigenvalue weighted by molar-refractivity contribution is -0.141. The summed E-state index contributed by atoms with van der Waals surface area (Å²) in [5.74, 6) is -0.778. The Morgan fingerprint density at radius 1 is 1.25 bits per heavy atom. The number of urea groups is 1. The summed E-state index contributed by atoms with van der Waals surface area (Å²) >= 11 is 0.